The molecule has 10 nitrogen and oxygen atoms in total. The van der Waals surface area contributed by atoms with Crippen molar-refractivity contribution in [2.24, 2.45) is 29.6 Å². The van der Waals surface area contributed by atoms with Gasteiger partial charge in [0.2, 0.25) is 5.79 Å². The van der Waals surface area contributed by atoms with E-state index in [2.05, 4.69) is 95.4 Å². The smallest absolute Gasteiger partial charge is 0.348 e. The first-order valence-electron chi connectivity index (χ1n) is 21.4. The van der Waals surface area contributed by atoms with Gasteiger partial charge in [-0.3, -0.25) is 9.59 Å². The van der Waals surface area contributed by atoms with Crippen LogP contribution in [0, 0.1) is 29.6 Å². The lowest BCUT2D eigenvalue weighted by Gasteiger charge is -2.54. The van der Waals surface area contributed by atoms with Crippen molar-refractivity contribution in [3.63, 3.8) is 0 Å². The molecule has 2 aliphatic carbocycles. The number of methoxy groups -OCH3 is 1. The number of allylic oxidation sites excluding steroid dienone is 3. The summed E-state index contributed by atoms with van der Waals surface area (Å²) in [5.74, 6) is -0.939. The molecule has 12 heteroatoms. The van der Waals surface area contributed by atoms with Gasteiger partial charge in [0.05, 0.1) is 25.2 Å². The van der Waals surface area contributed by atoms with Crippen molar-refractivity contribution in [1.82, 2.24) is 0 Å². The molecule has 6 atom stereocenters. The van der Waals surface area contributed by atoms with E-state index in [0.717, 1.165) is 18.4 Å². The maximum Gasteiger partial charge on any atom is 0.348 e. The second-order valence-corrected chi connectivity index (χ2v) is 31.1. The number of hydrogen-bond acceptors (Lipinski definition) is 10. The molecule has 58 heavy (non-hydrogen) atoms. The first-order chi connectivity index (χ1) is 26.1. The lowest BCUT2D eigenvalue weighted by Crippen LogP contribution is -2.62. The van der Waals surface area contributed by atoms with Crippen molar-refractivity contribution < 1.29 is 47.0 Å². The summed E-state index contributed by atoms with van der Waals surface area (Å²) in [4.78, 5) is 51.8. The Balaban J connectivity index is 0.000000311. The lowest BCUT2D eigenvalue weighted by atomic mass is 9.64. The summed E-state index contributed by atoms with van der Waals surface area (Å²) in [7, 11) is -2.79. The summed E-state index contributed by atoms with van der Waals surface area (Å²) in [6.45, 7) is 41.6. The number of cyclic esters (lactones) is 1. The Bertz CT molecular complexity index is 1700. The van der Waals surface area contributed by atoms with E-state index in [9.17, 15) is 19.2 Å². The largest absolute Gasteiger partial charge is 0.488 e. The van der Waals surface area contributed by atoms with Crippen molar-refractivity contribution in [3.8, 4) is 0 Å². The summed E-state index contributed by atoms with van der Waals surface area (Å²) >= 11 is 0. The molecular formula is C46H78O10Si2. The number of carbonyl (C=O) groups is 4. The molecule has 0 saturated heterocycles. The summed E-state index contributed by atoms with van der Waals surface area (Å²) in [6, 6.07) is 0. The Morgan fingerprint density at radius 3 is 1.69 bits per heavy atom. The Morgan fingerprint density at radius 2 is 1.22 bits per heavy atom. The van der Waals surface area contributed by atoms with E-state index >= 15 is 0 Å². The summed E-state index contributed by atoms with van der Waals surface area (Å²) in [6.07, 6.45) is 2.83. The first kappa shape index (κ1) is 49.8. The van der Waals surface area contributed by atoms with Gasteiger partial charge in [0, 0.05) is 19.4 Å². The fourth-order valence-electron chi connectivity index (χ4n) is 8.05. The molecule has 0 unspecified atom stereocenters. The molecule has 0 N–H and O–H groups in total. The van der Waals surface area contributed by atoms with Crippen LogP contribution in [-0.2, 0) is 47.0 Å². The van der Waals surface area contributed by atoms with Crippen LogP contribution in [0.1, 0.15) is 136 Å². The van der Waals surface area contributed by atoms with E-state index in [-0.39, 0.29) is 45.0 Å². The van der Waals surface area contributed by atoms with Crippen LogP contribution in [0.15, 0.2) is 33.8 Å². The van der Waals surface area contributed by atoms with Gasteiger partial charge < -0.3 is 27.8 Å². The summed E-state index contributed by atoms with van der Waals surface area (Å²) in [5, 5.41) is 0.137. The fraction of sp³-hybridized carbons (Fsp3) is 0.783. The molecule has 1 fully saturated rings. The molecule has 0 amide bonds. The minimum absolute atomic E-state index is 0.0131. The topological polar surface area (TPSA) is 124 Å². The highest BCUT2D eigenvalue weighted by atomic mass is 28.4. The third kappa shape index (κ3) is 10.5. The number of ketones is 2. The average molecular weight is 847 g/mol. The monoisotopic (exact) mass is 847 g/mol. The number of ether oxygens (including phenoxy) is 4. The van der Waals surface area contributed by atoms with Crippen LogP contribution in [0.2, 0.25) is 36.3 Å². The van der Waals surface area contributed by atoms with Crippen LogP contribution in [0.5, 0.6) is 0 Å². The fourth-order valence-corrected chi connectivity index (χ4v) is 10.8. The van der Waals surface area contributed by atoms with Gasteiger partial charge in [-0.1, -0.05) is 69.2 Å². The number of hydrogen-bond donors (Lipinski definition) is 0. The number of rotatable bonds is 9. The van der Waals surface area contributed by atoms with Gasteiger partial charge >= 0.3 is 11.9 Å². The number of esters is 2. The molecule has 0 aromatic carbocycles. The van der Waals surface area contributed by atoms with Gasteiger partial charge in [0.25, 0.3) is 0 Å². The highest BCUT2D eigenvalue weighted by molar-refractivity contribution is 6.74. The predicted molar refractivity (Wildman–Crippen MR) is 234 cm³/mol. The van der Waals surface area contributed by atoms with E-state index in [1.54, 1.807) is 27.7 Å². The van der Waals surface area contributed by atoms with Crippen LogP contribution < -0.4 is 0 Å². The SMILES string of the molecule is CC1=C(C(=O)C2=C(C)[C@@H](O[Si](C)(C)C(C)(C)C)C[C@@H](C(C)C)C2)C(=O)OC(C)(C)O1.COC(=O)C1=C(C)O[C@]2(C)[C@@H](O[Si](C)(C)C(C)(C)C)C[C@@H](C(C)C)C[C@H]2C1=O. The first-order valence-corrected chi connectivity index (χ1v) is 27.2. The van der Waals surface area contributed by atoms with Gasteiger partial charge in [-0.15, -0.1) is 0 Å². The maximum atomic E-state index is 13.5. The van der Waals surface area contributed by atoms with E-state index in [1.165, 1.54) is 7.11 Å². The quantitative estimate of drug-likeness (QED) is 0.126. The van der Waals surface area contributed by atoms with Crippen molar-refractivity contribution in [3.05, 3.63) is 33.8 Å². The molecule has 0 spiro atoms. The molecule has 0 radical (unpaired) electrons. The molecule has 2 heterocycles. The molecule has 0 bridgehead atoms. The zero-order valence-corrected chi connectivity index (χ0v) is 42.0. The Kier molecular flexibility index (Phi) is 15.0. The standard InChI is InChI=1S/C24H40O5Si.C22H38O5Si/c1-14(2)17-12-18(15(3)19(13-17)29-30(10,11)23(5,6)7)21(25)20-16(4)27-24(8,9)28-22(20)26;1-13(2)15-11-16-19(23)18(20(24)25-8)14(3)26-22(16,7)17(12-15)27-28(9,10)21(4,5)6/h14,17,19H,12-13H2,1-11H3;13,15-17H,11-12H2,1-10H3/t17-,19-;15-,16-,17-,22-/m00/s1. The van der Waals surface area contributed by atoms with Gasteiger partial charge in [-0.2, -0.15) is 0 Å². The molecule has 4 aliphatic rings. The van der Waals surface area contributed by atoms with Crippen molar-refractivity contribution >= 4 is 40.1 Å². The van der Waals surface area contributed by atoms with Crippen LogP contribution in [0.4, 0.5) is 0 Å². The highest BCUT2D eigenvalue weighted by Gasteiger charge is 2.59. The van der Waals surface area contributed by atoms with E-state index in [0.29, 0.717) is 53.6 Å². The Morgan fingerprint density at radius 1 is 0.724 bits per heavy atom. The molecular weight excluding hydrogens is 769 g/mol. The lowest BCUT2D eigenvalue weighted by molar-refractivity contribution is -0.207. The van der Waals surface area contributed by atoms with Crippen molar-refractivity contribution in [2.45, 2.75) is 196 Å². The second-order valence-electron chi connectivity index (χ2n) is 21.6. The van der Waals surface area contributed by atoms with E-state index in [1.807, 2.05) is 13.8 Å². The molecule has 1 saturated carbocycles. The van der Waals surface area contributed by atoms with Crippen LogP contribution in [-0.4, -0.2) is 70.8 Å². The Labute approximate surface area is 352 Å². The zero-order chi connectivity index (χ0) is 44.9. The maximum absolute atomic E-state index is 13.5. The van der Waals surface area contributed by atoms with Crippen LogP contribution in [0.25, 0.3) is 0 Å². The molecule has 0 aromatic heterocycles. The number of fused-ring (bicyclic) bond motifs is 1. The van der Waals surface area contributed by atoms with Crippen LogP contribution in [0.3, 0.4) is 0 Å². The number of carbonyl (C=O) groups excluding carboxylic acids is 4. The van der Waals surface area contributed by atoms with E-state index < -0.39 is 45.9 Å². The summed E-state index contributed by atoms with van der Waals surface area (Å²) in [5.41, 5.74) is 0.928. The molecule has 2 aliphatic heterocycles. The molecule has 4 rings (SSSR count). The van der Waals surface area contributed by atoms with Gasteiger partial charge in [0.1, 0.15) is 28.3 Å². The predicted octanol–water partition coefficient (Wildman–Crippen LogP) is 10.8. The van der Waals surface area contributed by atoms with Crippen molar-refractivity contribution in [1.29, 1.82) is 0 Å². The minimum atomic E-state index is -2.07. The molecule has 0 aromatic rings. The minimum Gasteiger partial charge on any atom is -0.488 e. The normalized spacial score (nSPS) is 28.4. The third-order valence-corrected chi connectivity index (χ3v) is 23.1. The Hall–Kier alpha value is -2.55. The van der Waals surface area contributed by atoms with Crippen LogP contribution >= 0.6 is 0 Å². The van der Waals surface area contributed by atoms with Gasteiger partial charge in [0.15, 0.2) is 28.2 Å². The van der Waals surface area contributed by atoms with Gasteiger partial charge in [-0.05, 0) is 119 Å². The summed E-state index contributed by atoms with van der Waals surface area (Å²) < 4.78 is 35.8. The van der Waals surface area contributed by atoms with Crippen molar-refractivity contribution in [2.75, 3.05) is 7.11 Å². The third-order valence-electron chi connectivity index (χ3n) is 14.2. The second kappa shape index (κ2) is 17.4. The number of Topliss-reactive ketones (excluding diaryl/α,β-unsaturated/α-hetero) is 2. The zero-order valence-electron chi connectivity index (χ0n) is 40.0. The van der Waals surface area contributed by atoms with E-state index in [4.69, 9.17) is 27.8 Å². The molecule has 330 valence electrons. The highest BCUT2D eigenvalue weighted by Crippen LogP contribution is 2.51. The van der Waals surface area contributed by atoms with Gasteiger partial charge in [-0.25, -0.2) is 9.59 Å². The average Bonchev–Trinajstić information content (AvgIpc) is 3.03.